The molecule has 0 aliphatic carbocycles. The number of carbonyl (C=O) groups is 1. The first kappa shape index (κ1) is 16.8. The van der Waals surface area contributed by atoms with E-state index in [1.165, 1.54) is 16.7 Å². The van der Waals surface area contributed by atoms with Crippen LogP contribution < -0.4 is 0 Å². The molecule has 1 aliphatic rings. The van der Waals surface area contributed by atoms with Crippen molar-refractivity contribution < 1.29 is 13.6 Å². The highest BCUT2D eigenvalue weighted by atomic mass is 32.2. The number of amides is 1. The van der Waals surface area contributed by atoms with E-state index in [4.69, 9.17) is 0 Å². The predicted octanol–water partition coefficient (Wildman–Crippen LogP) is 4.04. The fourth-order valence-electron chi connectivity index (χ4n) is 2.96. The number of thioether (sulfide) groups is 1. The van der Waals surface area contributed by atoms with Gasteiger partial charge >= 0.3 is 0 Å². The lowest BCUT2D eigenvalue weighted by Crippen LogP contribution is -2.27. The minimum atomic E-state index is -0.726. The van der Waals surface area contributed by atoms with Crippen LogP contribution in [0, 0.1) is 11.6 Å². The van der Waals surface area contributed by atoms with Gasteiger partial charge < -0.3 is 9.47 Å². The number of carbonyl (C=O) groups excluding carboxylic acids is 1. The Balaban J connectivity index is 1.71. The van der Waals surface area contributed by atoms with Gasteiger partial charge in [0.1, 0.15) is 17.5 Å². The predicted molar refractivity (Wildman–Crippen MR) is 98.5 cm³/mol. The first-order valence-corrected chi connectivity index (χ1v) is 9.06. The van der Waals surface area contributed by atoms with Crippen LogP contribution in [-0.2, 0) is 7.05 Å². The van der Waals surface area contributed by atoms with E-state index in [0.29, 0.717) is 23.2 Å². The average molecular weight is 371 g/mol. The van der Waals surface area contributed by atoms with Crippen LogP contribution in [0.1, 0.15) is 16.2 Å². The van der Waals surface area contributed by atoms with Gasteiger partial charge in [-0.05, 0) is 30.3 Å². The van der Waals surface area contributed by atoms with Crippen molar-refractivity contribution in [3.63, 3.8) is 0 Å². The molecular weight excluding hydrogens is 356 g/mol. The van der Waals surface area contributed by atoms with E-state index in [2.05, 4.69) is 4.98 Å². The topological polar surface area (TPSA) is 38.1 Å². The van der Waals surface area contributed by atoms with Crippen molar-refractivity contribution in [1.29, 1.82) is 0 Å². The molecule has 1 fully saturated rings. The minimum Gasteiger partial charge on any atom is -0.328 e. The molecule has 4 rings (SSSR count). The molecule has 26 heavy (non-hydrogen) atoms. The largest absolute Gasteiger partial charge is 0.328 e. The Morgan fingerprint density at radius 3 is 2.85 bits per heavy atom. The van der Waals surface area contributed by atoms with Crippen LogP contribution in [0.5, 0.6) is 0 Å². The summed E-state index contributed by atoms with van der Waals surface area (Å²) in [5, 5.41) is 0.678. The molecule has 3 aromatic rings. The summed E-state index contributed by atoms with van der Waals surface area (Å²) in [5.74, 6) is -0.513. The normalized spacial score (nSPS) is 16.0. The molecule has 7 heteroatoms. The van der Waals surface area contributed by atoms with Gasteiger partial charge in [-0.3, -0.25) is 4.79 Å². The van der Waals surface area contributed by atoms with Gasteiger partial charge in [0.15, 0.2) is 0 Å². The maximum absolute atomic E-state index is 14.0. The molecular formula is C19H15F2N3OS. The number of halogens is 2. The molecule has 0 unspecified atom stereocenters. The Morgan fingerprint density at radius 2 is 2.04 bits per heavy atom. The van der Waals surface area contributed by atoms with Gasteiger partial charge in [0, 0.05) is 25.4 Å². The number of aromatic nitrogens is 2. The van der Waals surface area contributed by atoms with Crippen molar-refractivity contribution in [2.24, 2.45) is 7.05 Å². The number of hydrogen-bond donors (Lipinski definition) is 0. The zero-order valence-corrected chi connectivity index (χ0v) is 14.8. The van der Waals surface area contributed by atoms with Crippen molar-refractivity contribution in [2.75, 3.05) is 12.3 Å². The Labute approximate surface area is 153 Å². The molecule has 1 aliphatic heterocycles. The molecule has 0 atom stereocenters. The summed E-state index contributed by atoms with van der Waals surface area (Å²) in [6, 6.07) is 10.7. The minimum absolute atomic E-state index is 0.261. The molecule has 0 radical (unpaired) electrons. The Kier molecular flexibility index (Phi) is 4.24. The van der Waals surface area contributed by atoms with Crippen LogP contribution in [-0.4, -0.2) is 32.7 Å². The van der Waals surface area contributed by atoms with Crippen LogP contribution in [0.25, 0.3) is 17.1 Å². The molecule has 132 valence electrons. The highest BCUT2D eigenvalue weighted by Gasteiger charge is 2.28. The monoisotopic (exact) mass is 371 g/mol. The molecule has 2 aromatic carbocycles. The van der Waals surface area contributed by atoms with E-state index in [1.807, 2.05) is 42.0 Å². The lowest BCUT2D eigenvalue weighted by atomic mass is 10.2. The second-order valence-corrected chi connectivity index (χ2v) is 7.04. The number of fused-ring (bicyclic) bond motifs is 1. The highest BCUT2D eigenvalue weighted by Crippen LogP contribution is 2.32. The third-order valence-corrected chi connectivity index (χ3v) is 5.33. The number of nitrogens with zero attached hydrogens (tertiary/aromatic N) is 3. The first-order chi connectivity index (χ1) is 12.5. The van der Waals surface area contributed by atoms with Gasteiger partial charge in [-0.1, -0.05) is 12.1 Å². The van der Waals surface area contributed by atoms with E-state index in [1.54, 1.807) is 0 Å². The van der Waals surface area contributed by atoms with Crippen molar-refractivity contribution >= 4 is 34.8 Å². The second-order valence-electron chi connectivity index (χ2n) is 5.93. The summed E-state index contributed by atoms with van der Waals surface area (Å²) in [6.45, 7) is 0.440. The standard InChI is InChI=1S/C19H15F2N3OS/c1-23-16-5-3-2-4-15(16)22-17(23)11-18-24(8-9-26-18)19(25)13-10-12(20)6-7-14(13)21/h2-7,10-11H,8-9H2,1H3/b18-11+. The van der Waals surface area contributed by atoms with E-state index >= 15 is 0 Å². The number of imidazole rings is 1. The van der Waals surface area contributed by atoms with Gasteiger partial charge in [0.2, 0.25) is 0 Å². The van der Waals surface area contributed by atoms with E-state index in [-0.39, 0.29) is 5.56 Å². The zero-order valence-electron chi connectivity index (χ0n) is 13.9. The summed E-state index contributed by atoms with van der Waals surface area (Å²) in [6.07, 6.45) is 1.81. The number of rotatable bonds is 2. The van der Waals surface area contributed by atoms with Crippen LogP contribution >= 0.6 is 11.8 Å². The Hall–Kier alpha value is -2.67. The molecule has 0 saturated carbocycles. The van der Waals surface area contributed by atoms with Gasteiger partial charge in [-0.2, -0.15) is 0 Å². The summed E-state index contributed by atoms with van der Waals surface area (Å²) in [7, 11) is 1.90. The number of aryl methyl sites for hydroxylation is 1. The van der Waals surface area contributed by atoms with E-state index < -0.39 is 17.5 Å². The highest BCUT2D eigenvalue weighted by molar-refractivity contribution is 8.03. The van der Waals surface area contributed by atoms with Crippen LogP contribution in [0.4, 0.5) is 8.78 Å². The quantitative estimate of drug-likeness (QED) is 0.682. The summed E-state index contributed by atoms with van der Waals surface area (Å²) >= 11 is 1.49. The van der Waals surface area contributed by atoms with Crippen molar-refractivity contribution in [1.82, 2.24) is 14.5 Å². The van der Waals surface area contributed by atoms with E-state index in [9.17, 15) is 13.6 Å². The average Bonchev–Trinajstić information content (AvgIpc) is 3.22. The molecule has 0 spiro atoms. The molecule has 0 bridgehead atoms. The van der Waals surface area contributed by atoms with Crippen molar-refractivity contribution in [2.45, 2.75) is 0 Å². The zero-order chi connectivity index (χ0) is 18.3. The third-order valence-electron chi connectivity index (χ3n) is 4.31. The maximum atomic E-state index is 14.0. The maximum Gasteiger partial charge on any atom is 0.261 e. The summed E-state index contributed by atoms with van der Waals surface area (Å²) in [4.78, 5) is 18.8. The van der Waals surface area contributed by atoms with Gasteiger partial charge in [0.05, 0.1) is 21.6 Å². The summed E-state index contributed by atoms with van der Waals surface area (Å²) < 4.78 is 29.4. The lowest BCUT2D eigenvalue weighted by molar-refractivity contribution is 0.0826. The van der Waals surface area contributed by atoms with Gasteiger partial charge in [-0.25, -0.2) is 13.8 Å². The molecule has 4 nitrogen and oxygen atoms in total. The van der Waals surface area contributed by atoms with Crippen molar-refractivity contribution in [3.8, 4) is 0 Å². The SMILES string of the molecule is Cn1c(/C=C2/SCCN2C(=O)c2cc(F)ccc2F)nc2ccccc21. The first-order valence-electron chi connectivity index (χ1n) is 8.07. The lowest BCUT2D eigenvalue weighted by Gasteiger charge is -2.17. The second kappa shape index (κ2) is 6.57. The van der Waals surface area contributed by atoms with Crippen LogP contribution in [0.2, 0.25) is 0 Å². The molecule has 1 amide bonds. The fraction of sp³-hybridized carbons (Fsp3) is 0.158. The molecule has 1 aromatic heterocycles. The Bertz CT molecular complexity index is 1040. The smallest absolute Gasteiger partial charge is 0.261 e. The Morgan fingerprint density at radius 1 is 1.23 bits per heavy atom. The molecule has 0 N–H and O–H groups in total. The van der Waals surface area contributed by atoms with Crippen LogP contribution in [0.15, 0.2) is 47.5 Å². The third kappa shape index (κ3) is 2.88. The van der Waals surface area contributed by atoms with Crippen LogP contribution in [0.3, 0.4) is 0 Å². The molecule has 2 heterocycles. The van der Waals surface area contributed by atoms with E-state index in [0.717, 1.165) is 29.2 Å². The van der Waals surface area contributed by atoms with Gasteiger partial charge in [0.25, 0.3) is 5.91 Å². The molecule has 1 saturated heterocycles. The number of para-hydroxylation sites is 2. The number of hydrogen-bond acceptors (Lipinski definition) is 3. The van der Waals surface area contributed by atoms with Crippen molar-refractivity contribution in [3.05, 3.63) is 70.5 Å². The fourth-order valence-corrected chi connectivity index (χ4v) is 3.96. The van der Waals surface area contributed by atoms with Gasteiger partial charge in [-0.15, -0.1) is 11.8 Å². The summed E-state index contributed by atoms with van der Waals surface area (Å²) in [5.41, 5.74) is 1.58. The number of benzene rings is 2.